The van der Waals surface area contributed by atoms with Crippen molar-refractivity contribution in [1.29, 1.82) is 0 Å². The van der Waals surface area contributed by atoms with Crippen LogP contribution in [0.1, 0.15) is 64.7 Å². The topological polar surface area (TPSA) is 71.1 Å². The Morgan fingerprint density at radius 1 is 0.958 bits per heavy atom. The van der Waals surface area contributed by atoms with Crippen LogP contribution in [0.5, 0.6) is 0 Å². The summed E-state index contributed by atoms with van der Waals surface area (Å²) in [5.74, 6) is -1.10. The molecule has 0 aliphatic heterocycles. The molecule has 0 bridgehead atoms. The summed E-state index contributed by atoms with van der Waals surface area (Å²) in [6, 6.07) is 0. The maximum Gasteiger partial charge on any atom is 0.509 e. The van der Waals surface area contributed by atoms with Gasteiger partial charge in [0, 0.05) is 14.2 Å². The van der Waals surface area contributed by atoms with Crippen molar-refractivity contribution in [2.75, 3.05) is 21.3 Å². The predicted molar refractivity (Wildman–Crippen MR) is 95.3 cm³/mol. The summed E-state index contributed by atoms with van der Waals surface area (Å²) in [6.07, 6.45) is 13.2. The third-order valence-corrected chi connectivity index (χ3v) is 5.65. The zero-order valence-corrected chi connectivity index (χ0v) is 16.4. The van der Waals surface area contributed by atoms with Crippen LogP contribution in [0.3, 0.4) is 0 Å². The van der Waals surface area contributed by atoms with Crippen LogP contribution in [0.4, 0.5) is 4.79 Å². The lowest BCUT2D eigenvalue weighted by atomic mass is 10.1. The second-order valence-corrected chi connectivity index (χ2v) is 7.88. The Hall–Kier alpha value is -0.840. The zero-order valence-electron chi connectivity index (χ0n) is 15.5. The van der Waals surface area contributed by atoms with Crippen molar-refractivity contribution in [3.8, 4) is 0 Å². The Bertz CT molecular complexity index is 389. The molecule has 0 rings (SSSR count). The largest absolute Gasteiger partial charge is 0.509 e. The van der Waals surface area contributed by atoms with Crippen LogP contribution in [0.2, 0.25) is 0 Å². The Morgan fingerprint density at radius 3 is 2.00 bits per heavy atom. The van der Waals surface area contributed by atoms with Gasteiger partial charge in [-0.05, 0) is 18.9 Å². The molecule has 0 heterocycles. The molecule has 0 radical (unpaired) electrons. The molecule has 0 saturated carbocycles. The first-order valence-corrected chi connectivity index (χ1v) is 10.3. The van der Waals surface area contributed by atoms with Gasteiger partial charge in [0.25, 0.3) is 0 Å². The third-order valence-electron chi connectivity index (χ3n) is 3.73. The summed E-state index contributed by atoms with van der Waals surface area (Å²) < 4.78 is 31.5. The van der Waals surface area contributed by atoms with Crippen LogP contribution < -0.4 is 0 Å². The molecule has 7 heteroatoms. The van der Waals surface area contributed by atoms with E-state index in [2.05, 4.69) is 11.7 Å². The Balaban J connectivity index is 4.18. The van der Waals surface area contributed by atoms with E-state index in [0.717, 1.165) is 19.3 Å². The number of hydrogen-bond donors (Lipinski definition) is 0. The first-order chi connectivity index (χ1) is 11.5. The molecule has 0 saturated heterocycles. The molecular formula is C17H33O6P. The van der Waals surface area contributed by atoms with Gasteiger partial charge in [-0.2, -0.15) is 0 Å². The van der Waals surface area contributed by atoms with Crippen LogP contribution in [0.25, 0.3) is 0 Å². The molecule has 0 amide bonds. The second kappa shape index (κ2) is 14.5. The number of carbonyl (C=O) groups is 1. The molecule has 0 aliphatic rings. The van der Waals surface area contributed by atoms with Gasteiger partial charge in [0.05, 0.1) is 7.11 Å². The van der Waals surface area contributed by atoms with E-state index in [1.54, 1.807) is 6.08 Å². The summed E-state index contributed by atoms with van der Waals surface area (Å²) in [4.78, 5) is 11.3. The lowest BCUT2D eigenvalue weighted by Gasteiger charge is -2.20. The van der Waals surface area contributed by atoms with Crippen molar-refractivity contribution in [1.82, 2.24) is 0 Å². The fourth-order valence-electron chi connectivity index (χ4n) is 2.25. The highest BCUT2D eigenvalue weighted by atomic mass is 31.2. The molecule has 0 aromatic heterocycles. The molecule has 0 aliphatic carbocycles. The van der Waals surface area contributed by atoms with Gasteiger partial charge in [-0.3, -0.25) is 4.57 Å². The van der Waals surface area contributed by atoms with E-state index in [-0.39, 0.29) is 0 Å². The fraction of sp³-hybridized carbons (Fsp3) is 0.824. The van der Waals surface area contributed by atoms with Crippen molar-refractivity contribution in [2.45, 2.75) is 70.6 Å². The average molecular weight is 364 g/mol. The highest BCUT2D eigenvalue weighted by Gasteiger charge is 2.35. The lowest BCUT2D eigenvalue weighted by Crippen LogP contribution is -2.18. The Kier molecular flexibility index (Phi) is 14.0. The molecule has 142 valence electrons. The van der Waals surface area contributed by atoms with Gasteiger partial charge < -0.3 is 18.5 Å². The van der Waals surface area contributed by atoms with E-state index in [1.807, 2.05) is 6.08 Å². The van der Waals surface area contributed by atoms with E-state index in [0.29, 0.717) is 0 Å². The van der Waals surface area contributed by atoms with E-state index in [1.165, 1.54) is 59.9 Å². The minimum absolute atomic E-state index is 0.823. The zero-order chi connectivity index (χ0) is 18.3. The van der Waals surface area contributed by atoms with Gasteiger partial charge in [0.1, 0.15) is 0 Å². The van der Waals surface area contributed by atoms with Gasteiger partial charge in [0.15, 0.2) is 0 Å². The van der Waals surface area contributed by atoms with Gasteiger partial charge in [0.2, 0.25) is 5.85 Å². The van der Waals surface area contributed by atoms with Gasteiger partial charge >= 0.3 is 13.8 Å². The van der Waals surface area contributed by atoms with Crippen LogP contribution in [-0.4, -0.2) is 33.3 Å². The summed E-state index contributed by atoms with van der Waals surface area (Å²) in [6.45, 7) is 2.22. The smallest absolute Gasteiger partial charge is 0.438 e. The number of unbranched alkanes of at least 4 members (excludes halogenated alkanes) is 8. The molecular weight excluding hydrogens is 331 g/mol. The number of rotatable bonds is 14. The third kappa shape index (κ3) is 10.1. The fourth-order valence-corrected chi connectivity index (χ4v) is 3.36. The SMILES string of the molecule is CCCCCCCCCC/C=C/[C@H](OC(=O)OC)P(=O)(OC)OC. The quantitative estimate of drug-likeness (QED) is 0.171. The molecule has 0 fully saturated rings. The summed E-state index contributed by atoms with van der Waals surface area (Å²) in [7, 11) is 0.152. The minimum Gasteiger partial charge on any atom is -0.438 e. The minimum atomic E-state index is -3.55. The number of hydrogen-bond acceptors (Lipinski definition) is 6. The van der Waals surface area contributed by atoms with E-state index in [9.17, 15) is 9.36 Å². The lowest BCUT2D eigenvalue weighted by molar-refractivity contribution is 0.0625. The maximum absolute atomic E-state index is 12.4. The molecule has 0 unspecified atom stereocenters. The number of ether oxygens (including phenoxy) is 2. The molecule has 0 aromatic rings. The first-order valence-electron chi connectivity index (χ1n) is 8.66. The van der Waals surface area contributed by atoms with Crippen LogP contribution in [0.15, 0.2) is 12.2 Å². The van der Waals surface area contributed by atoms with E-state index < -0.39 is 19.6 Å². The van der Waals surface area contributed by atoms with Gasteiger partial charge in [-0.1, -0.05) is 57.9 Å². The monoisotopic (exact) mass is 364 g/mol. The highest BCUT2D eigenvalue weighted by molar-refractivity contribution is 7.54. The van der Waals surface area contributed by atoms with Crippen LogP contribution in [0, 0.1) is 0 Å². The Labute approximate surface area is 146 Å². The van der Waals surface area contributed by atoms with E-state index in [4.69, 9.17) is 13.8 Å². The standard InChI is InChI=1S/C17H33O6P/c1-5-6-7-8-9-10-11-12-13-14-15-16(23-17(18)20-2)24(19,21-3)22-4/h14-16H,5-13H2,1-4H3/b15-14+/t16-/m1/s1. The number of methoxy groups -OCH3 is 1. The highest BCUT2D eigenvalue weighted by Crippen LogP contribution is 2.52. The van der Waals surface area contributed by atoms with Crippen molar-refractivity contribution >= 4 is 13.8 Å². The Morgan fingerprint density at radius 2 is 1.50 bits per heavy atom. The predicted octanol–water partition coefficient (Wildman–Crippen LogP) is 5.67. The molecule has 1 atom stereocenters. The van der Waals surface area contributed by atoms with Gasteiger partial charge in [-0.25, -0.2) is 4.79 Å². The molecule has 6 nitrogen and oxygen atoms in total. The summed E-state index contributed by atoms with van der Waals surface area (Å²) in [5, 5.41) is 0. The maximum atomic E-state index is 12.4. The van der Waals surface area contributed by atoms with Crippen molar-refractivity contribution in [2.24, 2.45) is 0 Å². The van der Waals surface area contributed by atoms with Crippen molar-refractivity contribution in [3.05, 3.63) is 12.2 Å². The number of carbonyl (C=O) groups excluding carboxylic acids is 1. The second-order valence-electron chi connectivity index (χ2n) is 5.56. The van der Waals surface area contributed by atoms with Crippen LogP contribution in [-0.2, 0) is 23.1 Å². The van der Waals surface area contributed by atoms with E-state index >= 15 is 0 Å². The normalized spacial score (nSPS) is 13.2. The van der Waals surface area contributed by atoms with Crippen molar-refractivity contribution < 1.29 is 27.9 Å². The van der Waals surface area contributed by atoms with Crippen molar-refractivity contribution in [3.63, 3.8) is 0 Å². The summed E-state index contributed by atoms with van der Waals surface area (Å²) >= 11 is 0. The molecule has 0 aromatic carbocycles. The molecule has 24 heavy (non-hydrogen) atoms. The molecule has 0 spiro atoms. The first kappa shape index (κ1) is 23.2. The summed E-state index contributed by atoms with van der Waals surface area (Å²) in [5.41, 5.74) is 0. The van der Waals surface area contributed by atoms with Gasteiger partial charge in [-0.15, -0.1) is 0 Å². The number of allylic oxidation sites excluding steroid dienone is 1. The average Bonchev–Trinajstić information content (AvgIpc) is 2.61. The van der Waals surface area contributed by atoms with Crippen LogP contribution >= 0.6 is 7.60 Å². The molecule has 0 N–H and O–H groups in total.